The van der Waals surface area contributed by atoms with E-state index in [9.17, 15) is 10.1 Å². The van der Waals surface area contributed by atoms with Crippen LogP contribution in [0.15, 0.2) is 0 Å². The number of carbonyl (C=O) groups excluding carboxylic acids is 1. The molecule has 1 heterocycles. The number of hydrogen-bond donors (Lipinski definition) is 1. The van der Waals surface area contributed by atoms with Crippen molar-refractivity contribution in [3.8, 4) is 6.07 Å². The molecule has 3 aliphatic carbocycles. The molecule has 1 amide bonds. The Morgan fingerprint density at radius 2 is 1.57 bits per heavy atom. The summed E-state index contributed by atoms with van der Waals surface area (Å²) in [6.07, 6.45) is 17.2. The number of nitrogens with one attached hydrogen (secondary N) is 1. The summed E-state index contributed by atoms with van der Waals surface area (Å²) in [5.41, 5.74) is 1.93. The van der Waals surface area contributed by atoms with Crippen LogP contribution in [0.2, 0.25) is 0 Å². The minimum absolute atomic E-state index is 0.0752. The highest BCUT2D eigenvalue weighted by molar-refractivity contribution is 7.16. The van der Waals surface area contributed by atoms with Gasteiger partial charge in [0.1, 0.15) is 11.1 Å². The van der Waals surface area contributed by atoms with Crippen molar-refractivity contribution in [1.29, 1.82) is 5.26 Å². The lowest BCUT2D eigenvalue weighted by Crippen LogP contribution is -2.48. The number of nitriles is 1. The standard InChI is InChI=1S/C23H33N3OS/c24-15-20-19-13-7-8-14-21(19)28-23(20)25-22(27)16-26(17-9-3-1-4-10-17)18-11-5-2-6-12-18/h17-18H,1-14,16H2,(H,25,27). The van der Waals surface area contributed by atoms with Gasteiger partial charge in [-0.1, -0.05) is 38.5 Å². The SMILES string of the molecule is N#Cc1c(NC(=O)CN(C2CCCCC2)C2CCCCC2)sc2c1CCCC2. The predicted molar refractivity (Wildman–Crippen MR) is 115 cm³/mol. The van der Waals surface area contributed by atoms with E-state index in [1.54, 1.807) is 11.3 Å². The van der Waals surface area contributed by atoms with Crippen LogP contribution in [-0.2, 0) is 17.6 Å². The molecule has 0 saturated heterocycles. The van der Waals surface area contributed by atoms with Gasteiger partial charge in [-0.15, -0.1) is 11.3 Å². The van der Waals surface area contributed by atoms with E-state index in [-0.39, 0.29) is 5.91 Å². The highest BCUT2D eigenvalue weighted by atomic mass is 32.1. The molecular weight excluding hydrogens is 366 g/mol. The summed E-state index contributed by atoms with van der Waals surface area (Å²) in [6, 6.07) is 3.50. The van der Waals surface area contributed by atoms with E-state index in [0.717, 1.165) is 29.8 Å². The molecular formula is C23H33N3OS. The van der Waals surface area contributed by atoms with Crippen LogP contribution in [-0.4, -0.2) is 29.4 Å². The second-order valence-electron chi connectivity index (χ2n) is 8.83. The van der Waals surface area contributed by atoms with Crippen LogP contribution in [0, 0.1) is 11.3 Å². The smallest absolute Gasteiger partial charge is 0.239 e. The number of aryl methyl sites for hydroxylation is 1. The average molecular weight is 400 g/mol. The lowest BCUT2D eigenvalue weighted by Gasteiger charge is -2.41. The van der Waals surface area contributed by atoms with Gasteiger partial charge >= 0.3 is 0 Å². The fourth-order valence-corrected chi connectivity index (χ4v) is 6.74. The van der Waals surface area contributed by atoms with E-state index in [2.05, 4.69) is 16.3 Å². The molecule has 1 aromatic heterocycles. The van der Waals surface area contributed by atoms with Crippen LogP contribution in [0.25, 0.3) is 0 Å². The van der Waals surface area contributed by atoms with Crippen molar-refractivity contribution in [3.63, 3.8) is 0 Å². The fourth-order valence-electron chi connectivity index (χ4n) is 5.49. The second kappa shape index (κ2) is 9.41. The summed E-state index contributed by atoms with van der Waals surface area (Å²) < 4.78 is 0. The quantitative estimate of drug-likeness (QED) is 0.721. The van der Waals surface area contributed by atoms with Gasteiger partial charge in [0.15, 0.2) is 0 Å². The van der Waals surface area contributed by atoms with Crippen LogP contribution in [0.5, 0.6) is 0 Å². The topological polar surface area (TPSA) is 56.1 Å². The first-order chi connectivity index (χ1) is 13.8. The number of carbonyl (C=O) groups is 1. The Morgan fingerprint density at radius 3 is 2.18 bits per heavy atom. The maximum atomic E-state index is 13.0. The van der Waals surface area contributed by atoms with Crippen molar-refractivity contribution in [2.75, 3.05) is 11.9 Å². The van der Waals surface area contributed by atoms with Crippen molar-refractivity contribution in [3.05, 3.63) is 16.0 Å². The number of rotatable bonds is 5. The molecule has 0 aromatic carbocycles. The van der Waals surface area contributed by atoms with E-state index >= 15 is 0 Å². The minimum atomic E-state index is 0.0752. The summed E-state index contributed by atoms with van der Waals surface area (Å²) in [5.74, 6) is 0.0752. The summed E-state index contributed by atoms with van der Waals surface area (Å²) in [6.45, 7) is 0.489. The van der Waals surface area contributed by atoms with E-state index < -0.39 is 0 Å². The molecule has 5 heteroatoms. The molecule has 0 radical (unpaired) electrons. The summed E-state index contributed by atoms with van der Waals surface area (Å²) in [4.78, 5) is 16.9. The number of amides is 1. The molecule has 1 N–H and O–H groups in total. The third-order valence-corrected chi connectivity index (χ3v) is 8.16. The first-order valence-electron chi connectivity index (χ1n) is 11.4. The van der Waals surface area contributed by atoms with Gasteiger partial charge in [-0.3, -0.25) is 9.69 Å². The predicted octanol–water partition coefficient (Wildman–Crippen LogP) is 5.40. The molecule has 152 valence electrons. The molecule has 4 rings (SSSR count). The van der Waals surface area contributed by atoms with E-state index in [0.29, 0.717) is 18.6 Å². The second-order valence-corrected chi connectivity index (χ2v) is 9.94. The lowest BCUT2D eigenvalue weighted by molar-refractivity contribution is -0.119. The van der Waals surface area contributed by atoms with E-state index in [1.165, 1.54) is 81.1 Å². The summed E-state index contributed by atoms with van der Waals surface area (Å²) in [5, 5.41) is 13.6. The Hall–Kier alpha value is -1.38. The third kappa shape index (κ3) is 4.44. The number of nitrogens with zero attached hydrogens (tertiary/aromatic N) is 2. The highest BCUT2D eigenvalue weighted by Gasteiger charge is 2.31. The van der Waals surface area contributed by atoms with Crippen molar-refractivity contribution in [2.45, 2.75) is 102 Å². The Balaban J connectivity index is 1.47. The number of fused-ring (bicyclic) bond motifs is 1. The van der Waals surface area contributed by atoms with Gasteiger partial charge in [0, 0.05) is 17.0 Å². The zero-order valence-corrected chi connectivity index (χ0v) is 17.8. The van der Waals surface area contributed by atoms with Crippen LogP contribution in [0.1, 0.15) is 93.1 Å². The van der Waals surface area contributed by atoms with Crippen molar-refractivity contribution >= 4 is 22.2 Å². The zero-order valence-electron chi connectivity index (χ0n) is 17.0. The molecule has 0 unspecified atom stereocenters. The van der Waals surface area contributed by atoms with E-state index in [4.69, 9.17) is 0 Å². The molecule has 4 nitrogen and oxygen atoms in total. The van der Waals surface area contributed by atoms with Gasteiger partial charge in [-0.2, -0.15) is 5.26 Å². The van der Waals surface area contributed by atoms with Gasteiger partial charge in [-0.25, -0.2) is 0 Å². The lowest BCUT2D eigenvalue weighted by atomic mass is 9.88. The number of anilines is 1. The molecule has 0 aliphatic heterocycles. The van der Waals surface area contributed by atoms with Gasteiger partial charge in [0.2, 0.25) is 5.91 Å². The van der Waals surface area contributed by atoms with E-state index in [1.807, 2.05) is 0 Å². The maximum absolute atomic E-state index is 13.0. The van der Waals surface area contributed by atoms with Crippen LogP contribution < -0.4 is 5.32 Å². The van der Waals surface area contributed by atoms with Gasteiger partial charge < -0.3 is 5.32 Å². The van der Waals surface area contributed by atoms with Crippen LogP contribution >= 0.6 is 11.3 Å². The minimum Gasteiger partial charge on any atom is -0.315 e. The van der Waals surface area contributed by atoms with Crippen LogP contribution in [0.4, 0.5) is 5.00 Å². The average Bonchev–Trinajstić information content (AvgIpc) is 3.10. The van der Waals surface area contributed by atoms with Crippen molar-refractivity contribution in [1.82, 2.24) is 4.90 Å². The molecule has 0 spiro atoms. The molecule has 28 heavy (non-hydrogen) atoms. The summed E-state index contributed by atoms with van der Waals surface area (Å²) >= 11 is 1.64. The Bertz CT molecular complexity index is 705. The van der Waals surface area contributed by atoms with Crippen molar-refractivity contribution < 1.29 is 4.79 Å². The molecule has 1 aromatic rings. The fraction of sp³-hybridized carbons (Fsp3) is 0.739. The first kappa shape index (κ1) is 19.9. The Kier molecular flexibility index (Phi) is 6.69. The number of thiophene rings is 1. The van der Waals surface area contributed by atoms with Crippen LogP contribution in [0.3, 0.4) is 0 Å². The molecule has 2 saturated carbocycles. The summed E-state index contributed by atoms with van der Waals surface area (Å²) in [7, 11) is 0. The molecule has 3 aliphatic rings. The van der Waals surface area contributed by atoms with Gasteiger partial charge in [0.25, 0.3) is 0 Å². The maximum Gasteiger partial charge on any atom is 0.239 e. The normalized spacial score (nSPS) is 21.3. The van der Waals surface area contributed by atoms with Gasteiger partial charge in [0.05, 0.1) is 12.1 Å². The monoisotopic (exact) mass is 399 g/mol. The first-order valence-corrected chi connectivity index (χ1v) is 12.2. The third-order valence-electron chi connectivity index (χ3n) is 6.95. The Morgan fingerprint density at radius 1 is 0.964 bits per heavy atom. The Labute approximate surface area is 173 Å². The largest absolute Gasteiger partial charge is 0.315 e. The van der Waals surface area contributed by atoms with Crippen molar-refractivity contribution in [2.24, 2.45) is 0 Å². The molecule has 2 fully saturated rings. The molecule has 0 bridgehead atoms. The highest BCUT2D eigenvalue weighted by Crippen LogP contribution is 2.38. The number of hydrogen-bond acceptors (Lipinski definition) is 4. The molecule has 0 atom stereocenters. The zero-order chi connectivity index (χ0) is 19.3. The van der Waals surface area contributed by atoms with Gasteiger partial charge in [-0.05, 0) is 56.9 Å².